The minimum atomic E-state index is -0.121. The summed E-state index contributed by atoms with van der Waals surface area (Å²) in [7, 11) is 1.81. The van der Waals surface area contributed by atoms with E-state index in [0.717, 1.165) is 37.3 Å². The van der Waals surface area contributed by atoms with E-state index in [1.54, 1.807) is 0 Å². The minimum absolute atomic E-state index is 0.0580. The lowest BCUT2D eigenvalue weighted by Crippen LogP contribution is -2.43. The Morgan fingerprint density at radius 1 is 1.17 bits per heavy atom. The predicted molar refractivity (Wildman–Crippen MR) is 121 cm³/mol. The van der Waals surface area contributed by atoms with Crippen LogP contribution in [0.1, 0.15) is 32.3 Å². The van der Waals surface area contributed by atoms with E-state index in [2.05, 4.69) is 54.5 Å². The van der Waals surface area contributed by atoms with Gasteiger partial charge in [-0.2, -0.15) is 0 Å². The van der Waals surface area contributed by atoms with Crippen LogP contribution in [0.25, 0.3) is 0 Å². The molecule has 1 fully saturated rings. The normalized spacial score (nSPS) is 17.2. The van der Waals surface area contributed by atoms with Crippen molar-refractivity contribution in [1.29, 1.82) is 0 Å². The van der Waals surface area contributed by atoms with Gasteiger partial charge < -0.3 is 25.0 Å². The molecule has 2 aromatic rings. The SMILES string of the molecule is COC(C)(C)C1CCN(c2ccc(Nc3ccc4c(c3)OCC(=O)N4)c(C)c2)CC1. The third-order valence-electron chi connectivity index (χ3n) is 6.47. The zero-order chi connectivity index (χ0) is 21.3. The molecule has 6 heteroatoms. The Morgan fingerprint density at radius 2 is 1.93 bits per heavy atom. The van der Waals surface area contributed by atoms with Gasteiger partial charge in [-0.1, -0.05) is 0 Å². The summed E-state index contributed by atoms with van der Waals surface area (Å²) in [5.74, 6) is 1.16. The summed E-state index contributed by atoms with van der Waals surface area (Å²) in [6, 6.07) is 12.3. The van der Waals surface area contributed by atoms with E-state index < -0.39 is 0 Å². The summed E-state index contributed by atoms with van der Waals surface area (Å²) in [4.78, 5) is 13.9. The van der Waals surface area contributed by atoms with E-state index in [4.69, 9.17) is 9.47 Å². The first-order valence-electron chi connectivity index (χ1n) is 10.6. The van der Waals surface area contributed by atoms with Crippen LogP contribution in [0, 0.1) is 12.8 Å². The van der Waals surface area contributed by atoms with Gasteiger partial charge in [0.15, 0.2) is 6.61 Å². The number of nitrogens with one attached hydrogen (secondary N) is 2. The first-order valence-corrected chi connectivity index (χ1v) is 10.6. The minimum Gasteiger partial charge on any atom is -0.482 e. The molecule has 30 heavy (non-hydrogen) atoms. The van der Waals surface area contributed by atoms with Crippen molar-refractivity contribution in [3.63, 3.8) is 0 Å². The zero-order valence-electron chi connectivity index (χ0n) is 18.2. The van der Waals surface area contributed by atoms with Crippen molar-refractivity contribution >= 4 is 28.7 Å². The average Bonchev–Trinajstić information content (AvgIpc) is 2.75. The molecular weight excluding hydrogens is 378 g/mol. The largest absolute Gasteiger partial charge is 0.482 e. The van der Waals surface area contributed by atoms with Crippen LogP contribution in [0.4, 0.5) is 22.7 Å². The highest BCUT2D eigenvalue weighted by atomic mass is 16.5. The molecule has 2 heterocycles. The Bertz CT molecular complexity index is 933. The number of nitrogens with zero attached hydrogens (tertiary/aromatic N) is 1. The van der Waals surface area contributed by atoms with Crippen molar-refractivity contribution in [3.8, 4) is 5.75 Å². The van der Waals surface area contributed by atoms with Crippen molar-refractivity contribution in [2.45, 2.75) is 39.2 Å². The third kappa shape index (κ3) is 4.24. The molecular formula is C24H31N3O3. The molecule has 0 spiro atoms. The van der Waals surface area contributed by atoms with Crippen LogP contribution < -0.4 is 20.3 Å². The summed E-state index contributed by atoms with van der Waals surface area (Å²) < 4.78 is 11.2. The average molecular weight is 410 g/mol. The number of rotatable bonds is 5. The number of carbonyl (C=O) groups is 1. The maximum Gasteiger partial charge on any atom is 0.262 e. The molecule has 2 aromatic carbocycles. The van der Waals surface area contributed by atoms with Crippen molar-refractivity contribution < 1.29 is 14.3 Å². The van der Waals surface area contributed by atoms with Crippen molar-refractivity contribution in [2.24, 2.45) is 5.92 Å². The van der Waals surface area contributed by atoms with Gasteiger partial charge in [0.2, 0.25) is 0 Å². The Morgan fingerprint density at radius 3 is 2.63 bits per heavy atom. The summed E-state index contributed by atoms with van der Waals surface area (Å²) >= 11 is 0. The van der Waals surface area contributed by atoms with Gasteiger partial charge in [0, 0.05) is 43.3 Å². The van der Waals surface area contributed by atoms with E-state index in [9.17, 15) is 4.79 Å². The first-order chi connectivity index (χ1) is 14.4. The number of piperidine rings is 1. The van der Waals surface area contributed by atoms with E-state index in [0.29, 0.717) is 17.4 Å². The number of hydrogen-bond donors (Lipinski definition) is 2. The van der Waals surface area contributed by atoms with Crippen LogP contribution in [0.2, 0.25) is 0 Å². The fourth-order valence-corrected chi connectivity index (χ4v) is 4.29. The second kappa shape index (κ2) is 8.19. The van der Waals surface area contributed by atoms with Gasteiger partial charge in [-0.15, -0.1) is 0 Å². The topological polar surface area (TPSA) is 62.8 Å². The Labute approximate surface area is 178 Å². The number of aryl methyl sites for hydroxylation is 1. The lowest BCUT2D eigenvalue weighted by molar-refractivity contribution is -0.118. The Hall–Kier alpha value is -2.73. The smallest absolute Gasteiger partial charge is 0.262 e. The highest BCUT2D eigenvalue weighted by Crippen LogP contribution is 2.35. The van der Waals surface area contributed by atoms with E-state index in [1.165, 1.54) is 11.3 Å². The monoisotopic (exact) mass is 409 g/mol. The lowest BCUT2D eigenvalue weighted by atomic mass is 9.82. The molecule has 2 N–H and O–H groups in total. The van der Waals surface area contributed by atoms with Crippen LogP contribution in [-0.4, -0.2) is 38.3 Å². The third-order valence-corrected chi connectivity index (χ3v) is 6.47. The van der Waals surface area contributed by atoms with Gasteiger partial charge in [0.05, 0.1) is 11.3 Å². The Balaban J connectivity index is 1.42. The molecule has 0 aromatic heterocycles. The fraction of sp³-hybridized carbons (Fsp3) is 0.458. The molecule has 1 saturated heterocycles. The number of benzene rings is 2. The van der Waals surface area contributed by atoms with Gasteiger partial charge in [-0.05, 0) is 75.4 Å². The fourth-order valence-electron chi connectivity index (χ4n) is 4.29. The summed E-state index contributed by atoms with van der Waals surface area (Å²) in [5, 5.41) is 6.29. The number of carbonyl (C=O) groups excluding carboxylic acids is 1. The van der Waals surface area contributed by atoms with E-state index in [1.807, 2.05) is 25.3 Å². The lowest BCUT2D eigenvalue weighted by Gasteiger charge is -2.40. The van der Waals surface area contributed by atoms with Crippen molar-refractivity contribution in [1.82, 2.24) is 0 Å². The van der Waals surface area contributed by atoms with Gasteiger partial charge in [0.1, 0.15) is 5.75 Å². The molecule has 160 valence electrons. The van der Waals surface area contributed by atoms with Crippen LogP contribution in [0.15, 0.2) is 36.4 Å². The molecule has 4 rings (SSSR count). The number of methoxy groups -OCH3 is 1. The van der Waals surface area contributed by atoms with E-state index in [-0.39, 0.29) is 18.1 Å². The number of hydrogen-bond acceptors (Lipinski definition) is 5. The van der Waals surface area contributed by atoms with E-state index >= 15 is 0 Å². The summed E-state index contributed by atoms with van der Waals surface area (Å²) in [6.45, 7) is 8.68. The van der Waals surface area contributed by atoms with Gasteiger partial charge in [-0.25, -0.2) is 0 Å². The number of anilines is 4. The van der Waals surface area contributed by atoms with Crippen molar-refractivity contribution in [3.05, 3.63) is 42.0 Å². The second-order valence-electron chi connectivity index (χ2n) is 8.74. The molecule has 2 aliphatic rings. The van der Waals surface area contributed by atoms with Gasteiger partial charge in [-0.3, -0.25) is 4.79 Å². The molecule has 0 bridgehead atoms. The van der Waals surface area contributed by atoms with Gasteiger partial charge in [0.25, 0.3) is 5.91 Å². The highest BCUT2D eigenvalue weighted by molar-refractivity contribution is 5.95. The molecule has 0 atom stereocenters. The molecule has 6 nitrogen and oxygen atoms in total. The zero-order valence-corrected chi connectivity index (χ0v) is 18.2. The quantitative estimate of drug-likeness (QED) is 0.749. The predicted octanol–water partition coefficient (Wildman–Crippen LogP) is 4.71. The molecule has 0 saturated carbocycles. The van der Waals surface area contributed by atoms with Crippen molar-refractivity contribution in [2.75, 3.05) is 42.3 Å². The molecule has 0 aliphatic carbocycles. The molecule has 1 amide bonds. The Kier molecular flexibility index (Phi) is 5.60. The summed E-state index contributed by atoms with van der Waals surface area (Å²) in [5.41, 5.74) is 5.11. The van der Waals surface area contributed by atoms with Crippen LogP contribution in [-0.2, 0) is 9.53 Å². The highest BCUT2D eigenvalue weighted by Gasteiger charge is 2.32. The number of ether oxygens (including phenoxy) is 2. The first kappa shape index (κ1) is 20.5. The maximum absolute atomic E-state index is 11.4. The van der Waals surface area contributed by atoms with Crippen LogP contribution in [0.5, 0.6) is 5.75 Å². The van der Waals surface area contributed by atoms with Crippen LogP contribution >= 0.6 is 0 Å². The molecule has 0 unspecified atom stereocenters. The molecule has 2 aliphatic heterocycles. The van der Waals surface area contributed by atoms with Gasteiger partial charge >= 0.3 is 0 Å². The standard InChI is InChI=1S/C24H31N3O3/c1-16-13-19(27-11-9-17(10-12-27)24(2,3)29-4)6-8-20(16)25-18-5-7-21-22(14-18)30-15-23(28)26-21/h5-8,13-14,17,25H,9-12,15H2,1-4H3,(H,26,28). The maximum atomic E-state index is 11.4. The number of amides is 1. The van der Waals surface area contributed by atoms with Crippen LogP contribution in [0.3, 0.4) is 0 Å². The summed E-state index contributed by atoms with van der Waals surface area (Å²) in [6.07, 6.45) is 2.29. The number of fused-ring (bicyclic) bond motifs is 1. The molecule has 0 radical (unpaired) electrons. The second-order valence-corrected chi connectivity index (χ2v) is 8.74.